The Labute approximate surface area is 151 Å². The predicted molar refractivity (Wildman–Crippen MR) is 98.5 cm³/mol. The molecule has 25 heavy (non-hydrogen) atoms. The van der Waals surface area contributed by atoms with Crippen LogP contribution < -0.4 is 5.32 Å². The summed E-state index contributed by atoms with van der Waals surface area (Å²) in [4.78, 5) is 6.87. The molecule has 0 bridgehead atoms. The van der Waals surface area contributed by atoms with E-state index in [4.69, 9.17) is 9.73 Å². The van der Waals surface area contributed by atoms with Gasteiger partial charge in [-0.2, -0.15) is 0 Å². The fourth-order valence-electron chi connectivity index (χ4n) is 5.31. The van der Waals surface area contributed by atoms with Crippen LogP contribution in [0, 0.1) is 11.3 Å². The van der Waals surface area contributed by atoms with Gasteiger partial charge in [0.2, 0.25) is 0 Å². The van der Waals surface area contributed by atoms with Gasteiger partial charge in [0.1, 0.15) is 0 Å². The van der Waals surface area contributed by atoms with E-state index in [1.54, 1.807) is 0 Å². The van der Waals surface area contributed by atoms with E-state index in [9.17, 15) is 8.42 Å². The van der Waals surface area contributed by atoms with Crippen molar-refractivity contribution >= 4 is 15.8 Å². The largest absolute Gasteiger partial charge is 0.377 e. The van der Waals surface area contributed by atoms with Gasteiger partial charge in [-0.05, 0) is 40.0 Å². The van der Waals surface area contributed by atoms with Gasteiger partial charge in [-0.15, -0.1) is 0 Å². The first-order chi connectivity index (χ1) is 11.8. The SMILES string of the molecule is CCN=C(NC1C2CCOC2C12CCC2)N1CCS(=O)(=O)C(C)(C)C1. The fraction of sp³-hybridized carbons (Fsp3) is 0.944. The third-order valence-electron chi connectivity index (χ3n) is 6.97. The van der Waals surface area contributed by atoms with Crippen LogP contribution in [0.1, 0.15) is 46.5 Å². The minimum absolute atomic E-state index is 0.204. The molecule has 142 valence electrons. The normalized spacial score (nSPS) is 38.0. The molecule has 2 heterocycles. The predicted octanol–water partition coefficient (Wildman–Crippen LogP) is 1.42. The Morgan fingerprint density at radius 2 is 2.12 bits per heavy atom. The van der Waals surface area contributed by atoms with Gasteiger partial charge in [-0.3, -0.25) is 4.99 Å². The molecule has 4 fully saturated rings. The average Bonchev–Trinajstić information content (AvgIpc) is 2.90. The lowest BCUT2D eigenvalue weighted by Gasteiger charge is -2.63. The van der Waals surface area contributed by atoms with Gasteiger partial charge in [0.05, 0.1) is 16.6 Å². The number of hydrogen-bond acceptors (Lipinski definition) is 4. The molecule has 4 aliphatic rings. The Morgan fingerprint density at radius 3 is 2.72 bits per heavy atom. The van der Waals surface area contributed by atoms with Crippen molar-refractivity contribution in [1.82, 2.24) is 10.2 Å². The molecule has 2 aliphatic heterocycles. The summed E-state index contributed by atoms with van der Waals surface area (Å²) in [7, 11) is -3.04. The number of sulfone groups is 1. The van der Waals surface area contributed by atoms with Crippen LogP contribution in [0.5, 0.6) is 0 Å². The van der Waals surface area contributed by atoms with Crippen LogP contribution in [0.4, 0.5) is 0 Å². The highest BCUT2D eigenvalue weighted by Crippen LogP contribution is 2.62. The maximum absolute atomic E-state index is 12.3. The maximum Gasteiger partial charge on any atom is 0.194 e. The molecule has 2 saturated carbocycles. The van der Waals surface area contributed by atoms with Crippen LogP contribution in [0.3, 0.4) is 0 Å². The molecule has 2 saturated heterocycles. The Morgan fingerprint density at radius 1 is 1.36 bits per heavy atom. The van der Waals surface area contributed by atoms with Crippen molar-refractivity contribution < 1.29 is 13.2 Å². The Balaban J connectivity index is 1.52. The van der Waals surface area contributed by atoms with Crippen LogP contribution in [-0.4, -0.2) is 68.2 Å². The summed E-state index contributed by atoms with van der Waals surface area (Å²) in [5.41, 5.74) is 0.299. The van der Waals surface area contributed by atoms with Crippen molar-refractivity contribution in [1.29, 1.82) is 0 Å². The van der Waals surface area contributed by atoms with Crippen LogP contribution in [0.2, 0.25) is 0 Å². The third kappa shape index (κ3) is 2.52. The van der Waals surface area contributed by atoms with Gasteiger partial charge in [-0.25, -0.2) is 8.42 Å². The van der Waals surface area contributed by atoms with E-state index in [2.05, 4.69) is 10.2 Å². The van der Waals surface area contributed by atoms with Crippen LogP contribution in [-0.2, 0) is 14.6 Å². The number of aliphatic imine (C=N–C) groups is 1. The zero-order valence-corrected chi connectivity index (χ0v) is 16.4. The lowest BCUT2D eigenvalue weighted by Crippen LogP contribution is -2.73. The first-order valence-electron chi connectivity index (χ1n) is 9.71. The van der Waals surface area contributed by atoms with E-state index in [-0.39, 0.29) is 5.75 Å². The number of guanidine groups is 1. The van der Waals surface area contributed by atoms with E-state index in [1.165, 1.54) is 19.3 Å². The minimum Gasteiger partial charge on any atom is -0.377 e. The highest BCUT2D eigenvalue weighted by Gasteiger charge is 2.67. The lowest BCUT2D eigenvalue weighted by molar-refractivity contribution is -0.171. The first kappa shape index (κ1) is 17.6. The molecule has 0 aromatic carbocycles. The molecule has 7 heteroatoms. The highest BCUT2D eigenvalue weighted by atomic mass is 32.2. The van der Waals surface area contributed by atoms with E-state index in [1.807, 2.05) is 20.8 Å². The zero-order valence-electron chi connectivity index (χ0n) is 15.6. The average molecular weight is 370 g/mol. The summed E-state index contributed by atoms with van der Waals surface area (Å²) in [6, 6.07) is 0.431. The molecular weight excluding hydrogens is 338 g/mol. The highest BCUT2D eigenvalue weighted by molar-refractivity contribution is 7.92. The topological polar surface area (TPSA) is 71.0 Å². The molecule has 4 rings (SSSR count). The van der Waals surface area contributed by atoms with Crippen molar-refractivity contribution in [2.24, 2.45) is 16.3 Å². The van der Waals surface area contributed by atoms with Gasteiger partial charge >= 0.3 is 0 Å². The Bertz CT molecular complexity index is 669. The van der Waals surface area contributed by atoms with Gasteiger partial charge in [0.25, 0.3) is 0 Å². The van der Waals surface area contributed by atoms with Crippen molar-refractivity contribution in [3.05, 3.63) is 0 Å². The summed E-state index contributed by atoms with van der Waals surface area (Å²) in [6.07, 6.45) is 5.33. The zero-order chi connectivity index (χ0) is 17.9. The van der Waals surface area contributed by atoms with Gasteiger partial charge in [0, 0.05) is 43.6 Å². The lowest BCUT2D eigenvalue weighted by atomic mass is 9.46. The molecule has 0 radical (unpaired) electrons. The quantitative estimate of drug-likeness (QED) is 0.589. The monoisotopic (exact) mass is 369 g/mol. The molecule has 3 atom stereocenters. The Kier molecular flexibility index (Phi) is 4.11. The van der Waals surface area contributed by atoms with E-state index < -0.39 is 14.6 Å². The van der Waals surface area contributed by atoms with Gasteiger partial charge < -0.3 is 15.0 Å². The number of nitrogens with zero attached hydrogens (tertiary/aromatic N) is 2. The molecule has 1 spiro atoms. The number of ether oxygens (including phenoxy) is 1. The number of hydrogen-bond donors (Lipinski definition) is 1. The summed E-state index contributed by atoms with van der Waals surface area (Å²) in [6.45, 7) is 8.31. The summed E-state index contributed by atoms with van der Waals surface area (Å²) >= 11 is 0. The second-order valence-corrected chi connectivity index (χ2v) is 11.5. The first-order valence-corrected chi connectivity index (χ1v) is 11.4. The molecular formula is C18H31N3O3S. The molecule has 2 aliphatic carbocycles. The van der Waals surface area contributed by atoms with E-state index >= 15 is 0 Å². The number of rotatable bonds is 2. The molecule has 6 nitrogen and oxygen atoms in total. The molecule has 1 N–H and O–H groups in total. The summed E-state index contributed by atoms with van der Waals surface area (Å²) in [5, 5.41) is 3.75. The molecule has 0 amide bonds. The molecule has 3 unspecified atom stereocenters. The van der Waals surface area contributed by atoms with Gasteiger partial charge in [0.15, 0.2) is 15.8 Å². The maximum atomic E-state index is 12.3. The van der Waals surface area contributed by atoms with Crippen LogP contribution in [0.15, 0.2) is 4.99 Å². The van der Waals surface area contributed by atoms with Crippen molar-refractivity contribution in [3.8, 4) is 0 Å². The minimum atomic E-state index is -3.04. The fourth-order valence-corrected chi connectivity index (χ4v) is 6.67. The van der Waals surface area contributed by atoms with Crippen molar-refractivity contribution in [2.75, 3.05) is 32.0 Å². The van der Waals surface area contributed by atoms with Crippen molar-refractivity contribution in [2.45, 2.75) is 63.3 Å². The number of nitrogens with one attached hydrogen (secondary N) is 1. The number of fused-ring (bicyclic) bond motifs is 2. The van der Waals surface area contributed by atoms with E-state index in [0.717, 1.165) is 19.0 Å². The van der Waals surface area contributed by atoms with Crippen LogP contribution in [0.25, 0.3) is 0 Å². The van der Waals surface area contributed by atoms with Crippen molar-refractivity contribution in [3.63, 3.8) is 0 Å². The summed E-state index contributed by atoms with van der Waals surface area (Å²) in [5.74, 6) is 1.69. The third-order valence-corrected chi connectivity index (χ3v) is 9.50. The van der Waals surface area contributed by atoms with E-state index in [0.29, 0.717) is 43.1 Å². The second kappa shape index (κ2) is 5.84. The summed E-state index contributed by atoms with van der Waals surface area (Å²) < 4.78 is 29.9. The Hall–Kier alpha value is -0.820. The van der Waals surface area contributed by atoms with Gasteiger partial charge in [-0.1, -0.05) is 6.42 Å². The molecule has 0 aromatic rings. The molecule has 0 aromatic heterocycles. The second-order valence-electron chi connectivity index (χ2n) is 8.75. The standard InChI is InChI=1S/C18H31N3O3S/c1-4-19-16(21-9-11-25(22,23)17(2,3)12-21)20-14-13-6-10-24-15(13)18(14)7-5-8-18/h13-15H,4-12H2,1-3H3,(H,19,20). The smallest absolute Gasteiger partial charge is 0.194 e. The van der Waals surface area contributed by atoms with Crippen LogP contribution >= 0.6 is 0 Å².